The minimum atomic E-state index is -0.0451. The van der Waals surface area contributed by atoms with Crippen LogP contribution in [-0.4, -0.2) is 10.9 Å². The number of hydrogen-bond acceptors (Lipinski definition) is 2. The second kappa shape index (κ2) is 5.17. The van der Waals surface area contributed by atoms with Gasteiger partial charge < -0.3 is 5.11 Å². The van der Waals surface area contributed by atoms with Crippen molar-refractivity contribution in [3.8, 4) is 5.75 Å². The molecule has 0 aromatic heterocycles. The first kappa shape index (κ1) is 12.1. The average molecular weight is 227 g/mol. The number of Topliss-reactive ketones (excluding diaryl/α,β-unsaturated/α-hetero) is 1. The predicted octanol–water partition coefficient (Wildman–Crippen LogP) is 3.73. The molecule has 0 radical (unpaired) electrons. The molecule has 0 amide bonds. The maximum atomic E-state index is 11.7. The summed E-state index contributed by atoms with van der Waals surface area (Å²) in [5.74, 6) is -0.0192. The summed E-state index contributed by atoms with van der Waals surface area (Å²) < 4.78 is 0. The van der Waals surface area contributed by atoms with Crippen molar-refractivity contribution in [1.29, 1.82) is 0 Å². The molecule has 1 aromatic rings. The molecule has 0 unspecified atom stereocenters. The second-order valence-corrected chi connectivity index (χ2v) is 4.05. The number of rotatable bonds is 4. The van der Waals surface area contributed by atoms with Crippen molar-refractivity contribution in [1.82, 2.24) is 0 Å². The molecule has 0 heterocycles. The first-order valence-corrected chi connectivity index (χ1v) is 5.46. The van der Waals surface area contributed by atoms with Gasteiger partial charge in [0.15, 0.2) is 5.78 Å². The lowest BCUT2D eigenvalue weighted by Crippen LogP contribution is -1.99. The molecule has 0 spiro atoms. The predicted molar refractivity (Wildman–Crippen MR) is 61.7 cm³/mol. The van der Waals surface area contributed by atoms with Crippen LogP contribution in [0.2, 0.25) is 5.02 Å². The number of ketones is 1. The van der Waals surface area contributed by atoms with Crippen LogP contribution in [0, 0.1) is 6.92 Å². The van der Waals surface area contributed by atoms with E-state index < -0.39 is 0 Å². The van der Waals surface area contributed by atoms with Gasteiger partial charge in [-0.25, -0.2) is 0 Å². The highest BCUT2D eigenvalue weighted by atomic mass is 35.5. The molecule has 2 nitrogen and oxygen atoms in total. The van der Waals surface area contributed by atoms with Gasteiger partial charge in [0, 0.05) is 11.4 Å². The van der Waals surface area contributed by atoms with Crippen LogP contribution in [0.25, 0.3) is 0 Å². The zero-order valence-corrected chi connectivity index (χ0v) is 9.77. The van der Waals surface area contributed by atoms with Crippen LogP contribution in [0.5, 0.6) is 5.75 Å². The quantitative estimate of drug-likeness (QED) is 0.795. The highest BCUT2D eigenvalue weighted by molar-refractivity contribution is 6.31. The number of carbonyl (C=O) groups excluding carboxylic acids is 1. The highest BCUT2D eigenvalue weighted by Crippen LogP contribution is 2.26. The first-order valence-electron chi connectivity index (χ1n) is 5.08. The first-order chi connectivity index (χ1) is 7.06. The van der Waals surface area contributed by atoms with E-state index in [1.165, 1.54) is 6.07 Å². The molecular formula is C12H15ClO2. The van der Waals surface area contributed by atoms with Gasteiger partial charge in [0.25, 0.3) is 0 Å². The van der Waals surface area contributed by atoms with Crippen LogP contribution in [0.4, 0.5) is 0 Å². The molecule has 0 bridgehead atoms. The van der Waals surface area contributed by atoms with Gasteiger partial charge in [-0.1, -0.05) is 24.9 Å². The second-order valence-electron chi connectivity index (χ2n) is 3.65. The van der Waals surface area contributed by atoms with Gasteiger partial charge in [-0.3, -0.25) is 4.79 Å². The molecule has 1 N–H and O–H groups in total. The van der Waals surface area contributed by atoms with E-state index in [1.807, 2.05) is 6.92 Å². The fraction of sp³-hybridized carbons (Fsp3) is 0.417. The molecule has 0 saturated carbocycles. The van der Waals surface area contributed by atoms with Gasteiger partial charge in [0.05, 0.1) is 5.56 Å². The van der Waals surface area contributed by atoms with Crippen molar-refractivity contribution in [2.45, 2.75) is 33.1 Å². The van der Waals surface area contributed by atoms with Crippen molar-refractivity contribution in [2.24, 2.45) is 0 Å². The number of aryl methyl sites for hydroxylation is 1. The maximum Gasteiger partial charge on any atom is 0.166 e. The van der Waals surface area contributed by atoms with Crippen molar-refractivity contribution in [2.75, 3.05) is 0 Å². The summed E-state index contributed by atoms with van der Waals surface area (Å²) >= 11 is 5.90. The summed E-state index contributed by atoms with van der Waals surface area (Å²) in [6.07, 6.45) is 2.26. The summed E-state index contributed by atoms with van der Waals surface area (Å²) in [5.41, 5.74) is 1.11. The molecule has 0 aliphatic carbocycles. The monoisotopic (exact) mass is 226 g/mol. The fourth-order valence-corrected chi connectivity index (χ4v) is 1.53. The van der Waals surface area contributed by atoms with Gasteiger partial charge in [-0.05, 0) is 31.0 Å². The Hall–Kier alpha value is -1.02. The molecule has 0 fully saturated rings. The van der Waals surface area contributed by atoms with Crippen molar-refractivity contribution < 1.29 is 9.90 Å². The Balaban J connectivity index is 2.94. The van der Waals surface area contributed by atoms with Crippen LogP contribution in [0.1, 0.15) is 42.1 Å². The minimum Gasteiger partial charge on any atom is -0.507 e. The van der Waals surface area contributed by atoms with Crippen LogP contribution in [0.3, 0.4) is 0 Å². The van der Waals surface area contributed by atoms with E-state index in [1.54, 1.807) is 13.0 Å². The average Bonchev–Trinajstić information content (AvgIpc) is 2.20. The van der Waals surface area contributed by atoms with Gasteiger partial charge in [0.2, 0.25) is 0 Å². The third kappa shape index (κ3) is 2.96. The number of benzene rings is 1. The third-order valence-corrected chi connectivity index (χ3v) is 2.74. The van der Waals surface area contributed by atoms with Crippen LogP contribution in [0.15, 0.2) is 12.1 Å². The Kier molecular flexibility index (Phi) is 4.15. The summed E-state index contributed by atoms with van der Waals surface area (Å²) in [7, 11) is 0. The summed E-state index contributed by atoms with van der Waals surface area (Å²) in [4.78, 5) is 11.7. The number of aromatic hydroxyl groups is 1. The van der Waals surface area contributed by atoms with Crippen LogP contribution >= 0.6 is 11.6 Å². The highest BCUT2D eigenvalue weighted by Gasteiger charge is 2.12. The topological polar surface area (TPSA) is 37.3 Å². The fourth-order valence-electron chi connectivity index (χ4n) is 1.36. The van der Waals surface area contributed by atoms with Crippen molar-refractivity contribution >= 4 is 17.4 Å². The third-order valence-electron chi connectivity index (χ3n) is 2.33. The normalized spacial score (nSPS) is 10.3. The van der Waals surface area contributed by atoms with E-state index in [-0.39, 0.29) is 11.5 Å². The van der Waals surface area contributed by atoms with Gasteiger partial charge in [-0.2, -0.15) is 0 Å². The van der Waals surface area contributed by atoms with E-state index in [0.29, 0.717) is 17.0 Å². The Labute approximate surface area is 94.9 Å². The summed E-state index contributed by atoms with van der Waals surface area (Å²) in [5, 5.41) is 10.1. The lowest BCUT2D eigenvalue weighted by atomic mass is 10.0. The molecule has 15 heavy (non-hydrogen) atoms. The van der Waals surface area contributed by atoms with E-state index in [9.17, 15) is 9.90 Å². The molecule has 3 heteroatoms. The number of phenols is 1. The van der Waals surface area contributed by atoms with E-state index in [4.69, 9.17) is 11.6 Å². The van der Waals surface area contributed by atoms with E-state index in [0.717, 1.165) is 18.4 Å². The summed E-state index contributed by atoms with van der Waals surface area (Å²) in [6, 6.07) is 3.08. The number of phenolic OH excluding ortho intramolecular Hbond substituents is 1. The Morgan fingerprint density at radius 2 is 2.13 bits per heavy atom. The maximum absolute atomic E-state index is 11.7. The number of halogens is 1. The Bertz CT molecular complexity index is 372. The lowest BCUT2D eigenvalue weighted by molar-refractivity contribution is 0.0977. The van der Waals surface area contributed by atoms with Crippen LogP contribution < -0.4 is 0 Å². The molecule has 1 aromatic carbocycles. The number of unbranched alkanes of at least 4 members (excludes halogenated alkanes) is 1. The van der Waals surface area contributed by atoms with Gasteiger partial charge in [0.1, 0.15) is 5.75 Å². The molecule has 82 valence electrons. The van der Waals surface area contributed by atoms with Crippen LogP contribution in [-0.2, 0) is 0 Å². The van der Waals surface area contributed by atoms with E-state index in [2.05, 4.69) is 0 Å². The molecule has 0 aliphatic rings. The molecule has 0 saturated heterocycles. The minimum absolute atomic E-state index is 0.0259. The Morgan fingerprint density at radius 3 is 2.73 bits per heavy atom. The number of carbonyl (C=O) groups is 1. The zero-order valence-electron chi connectivity index (χ0n) is 9.01. The van der Waals surface area contributed by atoms with E-state index >= 15 is 0 Å². The smallest absolute Gasteiger partial charge is 0.166 e. The molecule has 0 atom stereocenters. The van der Waals surface area contributed by atoms with Gasteiger partial charge in [-0.15, -0.1) is 0 Å². The Morgan fingerprint density at radius 1 is 1.47 bits per heavy atom. The zero-order chi connectivity index (χ0) is 11.4. The largest absolute Gasteiger partial charge is 0.507 e. The van der Waals surface area contributed by atoms with Crippen molar-refractivity contribution in [3.05, 3.63) is 28.3 Å². The molecular weight excluding hydrogens is 212 g/mol. The van der Waals surface area contributed by atoms with Crippen molar-refractivity contribution in [3.63, 3.8) is 0 Å². The molecule has 0 aliphatic heterocycles. The summed E-state index contributed by atoms with van der Waals surface area (Å²) in [6.45, 7) is 3.82. The standard InChI is InChI=1S/C12H15ClO2/c1-3-4-5-11(14)9-7-10(13)8(2)6-12(9)15/h6-7,15H,3-5H2,1-2H3. The number of hydrogen-bond donors (Lipinski definition) is 1. The molecule has 1 rings (SSSR count). The lowest BCUT2D eigenvalue weighted by Gasteiger charge is -2.06. The SMILES string of the molecule is CCCCC(=O)c1cc(Cl)c(C)cc1O. The van der Waals surface area contributed by atoms with Gasteiger partial charge >= 0.3 is 0 Å².